The highest BCUT2D eigenvalue weighted by molar-refractivity contribution is 8.00. The molecule has 3 nitrogen and oxygen atoms in total. The summed E-state index contributed by atoms with van der Waals surface area (Å²) in [6.45, 7) is 0. The molecule has 1 N–H and O–H groups in total. The minimum Gasteiger partial charge on any atom is -0.385 e. The number of hydrogen-bond donors (Lipinski definition) is 1. The Hall–Kier alpha value is -0.610. The lowest BCUT2D eigenvalue weighted by molar-refractivity contribution is 0.162. The smallest absolute Gasteiger partial charge is 0.112 e. The van der Waals surface area contributed by atoms with Crippen LogP contribution in [0.4, 0.5) is 0 Å². The summed E-state index contributed by atoms with van der Waals surface area (Å²) in [4.78, 5) is 8.06. The van der Waals surface area contributed by atoms with Gasteiger partial charge in [-0.25, -0.2) is 0 Å². The highest BCUT2D eigenvalue weighted by Gasteiger charge is 2.49. The van der Waals surface area contributed by atoms with Gasteiger partial charge in [0, 0.05) is 17.1 Å². The molecule has 1 fully saturated rings. The van der Waals surface area contributed by atoms with Gasteiger partial charge in [-0.3, -0.25) is 9.97 Å². The van der Waals surface area contributed by atoms with Crippen LogP contribution in [0.2, 0.25) is 0 Å². The molecule has 0 spiro atoms. The topological polar surface area (TPSA) is 46.0 Å². The largest absolute Gasteiger partial charge is 0.385 e. The molecule has 1 aromatic heterocycles. The van der Waals surface area contributed by atoms with Crippen molar-refractivity contribution in [1.82, 2.24) is 9.97 Å². The zero-order valence-electron chi connectivity index (χ0n) is 7.47. The first kappa shape index (κ1) is 8.97. The minimum atomic E-state index is -0.462. The van der Waals surface area contributed by atoms with Crippen molar-refractivity contribution in [3.63, 3.8) is 0 Å². The molecule has 2 rings (SSSR count). The van der Waals surface area contributed by atoms with Gasteiger partial charge in [0.05, 0.1) is 11.9 Å². The average molecular weight is 196 g/mol. The maximum absolute atomic E-state index is 9.99. The Morgan fingerprint density at radius 3 is 2.77 bits per heavy atom. The molecule has 0 bridgehead atoms. The van der Waals surface area contributed by atoms with Gasteiger partial charge in [0.15, 0.2) is 0 Å². The van der Waals surface area contributed by atoms with Crippen molar-refractivity contribution >= 4 is 11.8 Å². The Balaban J connectivity index is 2.18. The van der Waals surface area contributed by atoms with Gasteiger partial charge in [0.2, 0.25) is 0 Å². The first-order chi connectivity index (χ1) is 6.28. The molecule has 1 heterocycles. The predicted octanol–water partition coefficient (Wildman–Crippen LogP) is 1.41. The van der Waals surface area contributed by atoms with Crippen molar-refractivity contribution in [3.8, 4) is 0 Å². The third-order valence-corrected chi connectivity index (χ3v) is 3.96. The molecule has 1 saturated carbocycles. The van der Waals surface area contributed by atoms with Crippen LogP contribution in [0.3, 0.4) is 0 Å². The fourth-order valence-corrected chi connectivity index (χ4v) is 2.29. The molecule has 1 unspecified atom stereocenters. The van der Waals surface area contributed by atoms with Crippen molar-refractivity contribution in [2.45, 2.75) is 23.7 Å². The Kier molecular flexibility index (Phi) is 2.26. The van der Waals surface area contributed by atoms with Gasteiger partial charge in [0.1, 0.15) is 6.10 Å². The summed E-state index contributed by atoms with van der Waals surface area (Å²) < 4.78 is 0.0238. The molecule has 13 heavy (non-hydrogen) atoms. The zero-order valence-corrected chi connectivity index (χ0v) is 8.29. The SMILES string of the molecule is CSC1(C(O)c2cnccn2)CC1. The lowest BCUT2D eigenvalue weighted by Crippen LogP contribution is -2.17. The van der Waals surface area contributed by atoms with Crippen molar-refractivity contribution < 1.29 is 5.11 Å². The average Bonchev–Trinajstić information content (AvgIpc) is 2.99. The molecular formula is C9H12N2OS. The molecule has 1 aliphatic carbocycles. The second kappa shape index (κ2) is 3.27. The molecule has 0 aliphatic heterocycles. The third-order valence-electron chi connectivity index (χ3n) is 2.51. The van der Waals surface area contributed by atoms with E-state index in [4.69, 9.17) is 0 Å². The van der Waals surface area contributed by atoms with E-state index in [2.05, 4.69) is 9.97 Å². The van der Waals surface area contributed by atoms with Gasteiger partial charge in [0.25, 0.3) is 0 Å². The highest BCUT2D eigenvalue weighted by Crippen LogP contribution is 2.54. The Bertz CT molecular complexity index is 287. The van der Waals surface area contributed by atoms with Gasteiger partial charge < -0.3 is 5.11 Å². The van der Waals surface area contributed by atoms with Crippen LogP contribution in [0, 0.1) is 0 Å². The van der Waals surface area contributed by atoms with E-state index in [1.807, 2.05) is 6.26 Å². The zero-order chi connectivity index (χ0) is 9.31. The quantitative estimate of drug-likeness (QED) is 0.794. The summed E-state index contributed by atoms with van der Waals surface area (Å²) in [5.74, 6) is 0. The van der Waals surface area contributed by atoms with E-state index in [9.17, 15) is 5.11 Å². The van der Waals surface area contributed by atoms with E-state index >= 15 is 0 Å². The molecule has 0 saturated heterocycles. The second-order valence-electron chi connectivity index (χ2n) is 3.30. The summed E-state index contributed by atoms with van der Waals surface area (Å²) in [6.07, 6.45) is 8.60. The van der Waals surface area contributed by atoms with Crippen LogP contribution in [-0.4, -0.2) is 26.1 Å². The molecule has 0 radical (unpaired) electrons. The first-order valence-corrected chi connectivity index (χ1v) is 5.50. The lowest BCUT2D eigenvalue weighted by atomic mass is 10.1. The number of thioether (sulfide) groups is 1. The molecule has 1 atom stereocenters. The highest BCUT2D eigenvalue weighted by atomic mass is 32.2. The molecular weight excluding hydrogens is 184 g/mol. The van der Waals surface area contributed by atoms with E-state index < -0.39 is 6.10 Å². The number of nitrogens with zero attached hydrogens (tertiary/aromatic N) is 2. The van der Waals surface area contributed by atoms with Crippen LogP contribution < -0.4 is 0 Å². The van der Waals surface area contributed by atoms with Crippen LogP contribution in [-0.2, 0) is 0 Å². The maximum atomic E-state index is 9.99. The summed E-state index contributed by atoms with van der Waals surface area (Å²) in [5, 5.41) is 9.99. The molecule has 1 aliphatic rings. The third kappa shape index (κ3) is 1.56. The van der Waals surface area contributed by atoms with Crippen LogP contribution in [0.25, 0.3) is 0 Å². The van der Waals surface area contributed by atoms with Gasteiger partial charge in [-0.15, -0.1) is 0 Å². The van der Waals surface area contributed by atoms with E-state index in [1.54, 1.807) is 30.4 Å². The normalized spacial score (nSPS) is 21.1. The minimum absolute atomic E-state index is 0.0238. The van der Waals surface area contributed by atoms with Gasteiger partial charge in [-0.2, -0.15) is 11.8 Å². The fraction of sp³-hybridized carbons (Fsp3) is 0.556. The molecule has 0 aromatic carbocycles. The summed E-state index contributed by atoms with van der Waals surface area (Å²) in [7, 11) is 0. The summed E-state index contributed by atoms with van der Waals surface area (Å²) in [6, 6.07) is 0. The number of aliphatic hydroxyl groups excluding tert-OH is 1. The van der Waals surface area contributed by atoms with Gasteiger partial charge in [-0.1, -0.05) is 0 Å². The molecule has 70 valence electrons. The van der Waals surface area contributed by atoms with Gasteiger partial charge in [-0.05, 0) is 19.1 Å². The van der Waals surface area contributed by atoms with E-state index in [-0.39, 0.29) is 4.75 Å². The number of rotatable bonds is 3. The predicted molar refractivity (Wildman–Crippen MR) is 52.5 cm³/mol. The van der Waals surface area contributed by atoms with Gasteiger partial charge >= 0.3 is 0 Å². The summed E-state index contributed by atoms with van der Waals surface area (Å²) in [5.41, 5.74) is 0.689. The van der Waals surface area contributed by atoms with Crippen molar-refractivity contribution in [2.75, 3.05) is 6.26 Å². The number of aromatic nitrogens is 2. The Morgan fingerprint density at radius 1 is 1.54 bits per heavy atom. The van der Waals surface area contributed by atoms with Crippen LogP contribution in [0.15, 0.2) is 18.6 Å². The number of hydrogen-bond acceptors (Lipinski definition) is 4. The van der Waals surface area contributed by atoms with Crippen LogP contribution in [0.5, 0.6) is 0 Å². The summed E-state index contributed by atoms with van der Waals surface area (Å²) >= 11 is 1.72. The van der Waals surface area contributed by atoms with E-state index in [0.717, 1.165) is 12.8 Å². The van der Waals surface area contributed by atoms with Crippen molar-refractivity contribution in [3.05, 3.63) is 24.3 Å². The molecule has 4 heteroatoms. The molecule has 0 amide bonds. The standard InChI is InChI=1S/C9H12N2OS/c1-13-9(2-3-9)8(12)7-6-10-4-5-11-7/h4-6,8,12H,2-3H2,1H3. The fourth-order valence-electron chi connectivity index (χ4n) is 1.43. The maximum Gasteiger partial charge on any atom is 0.112 e. The number of aliphatic hydroxyl groups is 1. The lowest BCUT2D eigenvalue weighted by Gasteiger charge is -2.18. The van der Waals surface area contributed by atoms with E-state index in [1.165, 1.54) is 0 Å². The Morgan fingerprint density at radius 2 is 2.31 bits per heavy atom. The van der Waals surface area contributed by atoms with Crippen LogP contribution in [0.1, 0.15) is 24.6 Å². The second-order valence-corrected chi connectivity index (χ2v) is 4.52. The van der Waals surface area contributed by atoms with Crippen molar-refractivity contribution in [1.29, 1.82) is 0 Å². The first-order valence-electron chi connectivity index (χ1n) is 4.28. The van der Waals surface area contributed by atoms with E-state index in [0.29, 0.717) is 5.69 Å². The Labute approximate surface area is 81.6 Å². The molecule has 1 aromatic rings. The monoisotopic (exact) mass is 196 g/mol. The van der Waals surface area contributed by atoms with Crippen LogP contribution >= 0.6 is 11.8 Å². The van der Waals surface area contributed by atoms with Crippen molar-refractivity contribution in [2.24, 2.45) is 0 Å².